The third kappa shape index (κ3) is 3.37. The minimum Gasteiger partial charge on any atom is -0.494 e. The second kappa shape index (κ2) is 6.41. The van der Waals surface area contributed by atoms with Crippen molar-refractivity contribution in [3.63, 3.8) is 0 Å². The molecule has 0 N–H and O–H groups in total. The number of aromatic nitrogens is 1. The molecule has 0 aliphatic rings. The van der Waals surface area contributed by atoms with E-state index in [0.29, 0.717) is 0 Å². The molecule has 102 valence electrons. The van der Waals surface area contributed by atoms with E-state index >= 15 is 0 Å². The van der Waals surface area contributed by atoms with Crippen LogP contribution in [0.3, 0.4) is 0 Å². The molecule has 0 atom stereocenters. The number of pyridine rings is 1. The summed E-state index contributed by atoms with van der Waals surface area (Å²) in [7, 11) is 0. The van der Waals surface area contributed by atoms with Crippen molar-refractivity contribution < 1.29 is 9.47 Å². The molecule has 2 aromatic rings. The van der Waals surface area contributed by atoms with Crippen LogP contribution >= 0.6 is 0 Å². The summed E-state index contributed by atoms with van der Waals surface area (Å²) in [6.45, 7) is 7.65. The van der Waals surface area contributed by atoms with Gasteiger partial charge in [-0.15, -0.1) is 0 Å². The average molecular weight is 259 g/mol. The van der Waals surface area contributed by atoms with Crippen molar-refractivity contribution in [1.82, 2.24) is 4.98 Å². The molecular formula is C16H21NO2. The number of ether oxygens (including phenoxy) is 2. The Bertz CT molecular complexity index is 552. The summed E-state index contributed by atoms with van der Waals surface area (Å²) >= 11 is 0. The number of nitrogens with zero attached hydrogens (tertiary/aromatic N) is 1. The molecular weight excluding hydrogens is 238 g/mol. The standard InChI is InChI=1S/C16H21NO2/c1-4-8-18-13-6-7-14-15(11-13)17-12(3)10-16(14)19-9-5-2/h6-7,10-11H,4-5,8-9H2,1-3H3. The van der Waals surface area contributed by atoms with Crippen molar-refractivity contribution >= 4 is 10.9 Å². The van der Waals surface area contributed by atoms with Crippen LogP contribution in [0.15, 0.2) is 24.3 Å². The number of benzene rings is 1. The first-order chi connectivity index (χ1) is 9.24. The molecule has 1 aromatic heterocycles. The molecule has 0 aliphatic heterocycles. The third-order valence-corrected chi connectivity index (χ3v) is 2.81. The summed E-state index contributed by atoms with van der Waals surface area (Å²) in [4.78, 5) is 4.55. The summed E-state index contributed by atoms with van der Waals surface area (Å²) < 4.78 is 11.4. The van der Waals surface area contributed by atoms with Gasteiger partial charge in [0, 0.05) is 23.2 Å². The van der Waals surface area contributed by atoms with E-state index in [9.17, 15) is 0 Å². The van der Waals surface area contributed by atoms with Gasteiger partial charge in [-0.25, -0.2) is 0 Å². The van der Waals surface area contributed by atoms with Gasteiger partial charge < -0.3 is 9.47 Å². The van der Waals surface area contributed by atoms with Crippen LogP contribution in [0.5, 0.6) is 11.5 Å². The highest BCUT2D eigenvalue weighted by atomic mass is 16.5. The van der Waals surface area contributed by atoms with Gasteiger partial charge in [0.25, 0.3) is 0 Å². The van der Waals surface area contributed by atoms with E-state index < -0.39 is 0 Å². The number of fused-ring (bicyclic) bond motifs is 1. The van der Waals surface area contributed by atoms with Crippen molar-refractivity contribution in [3.05, 3.63) is 30.0 Å². The minimum atomic E-state index is 0.729. The molecule has 0 saturated heterocycles. The van der Waals surface area contributed by atoms with Crippen LogP contribution in [0.1, 0.15) is 32.4 Å². The van der Waals surface area contributed by atoms with Crippen molar-refractivity contribution in [2.24, 2.45) is 0 Å². The second-order valence-electron chi connectivity index (χ2n) is 4.64. The van der Waals surface area contributed by atoms with Crippen LogP contribution in [0.25, 0.3) is 10.9 Å². The lowest BCUT2D eigenvalue weighted by Crippen LogP contribution is -1.99. The lowest BCUT2D eigenvalue weighted by atomic mass is 10.1. The second-order valence-corrected chi connectivity index (χ2v) is 4.64. The molecule has 0 bridgehead atoms. The Morgan fingerprint density at radius 3 is 2.47 bits per heavy atom. The van der Waals surface area contributed by atoms with Gasteiger partial charge in [0.2, 0.25) is 0 Å². The first kappa shape index (κ1) is 13.7. The average Bonchev–Trinajstić information content (AvgIpc) is 2.41. The van der Waals surface area contributed by atoms with Gasteiger partial charge in [0.1, 0.15) is 11.5 Å². The predicted molar refractivity (Wildman–Crippen MR) is 78.1 cm³/mol. The molecule has 0 spiro atoms. The molecule has 0 fully saturated rings. The number of rotatable bonds is 6. The molecule has 0 aliphatic carbocycles. The Balaban J connectivity index is 2.36. The molecule has 19 heavy (non-hydrogen) atoms. The van der Waals surface area contributed by atoms with Crippen LogP contribution in [-0.4, -0.2) is 18.2 Å². The first-order valence-corrected chi connectivity index (χ1v) is 6.91. The molecule has 3 heteroatoms. The van der Waals surface area contributed by atoms with Gasteiger partial charge in [-0.2, -0.15) is 0 Å². The number of hydrogen-bond donors (Lipinski definition) is 0. The highest BCUT2D eigenvalue weighted by molar-refractivity contribution is 5.86. The Morgan fingerprint density at radius 1 is 1.00 bits per heavy atom. The van der Waals surface area contributed by atoms with E-state index in [1.165, 1.54) is 0 Å². The zero-order valence-corrected chi connectivity index (χ0v) is 11.9. The normalized spacial score (nSPS) is 10.7. The van der Waals surface area contributed by atoms with E-state index in [1.807, 2.05) is 31.2 Å². The van der Waals surface area contributed by atoms with Crippen molar-refractivity contribution in [2.75, 3.05) is 13.2 Å². The smallest absolute Gasteiger partial charge is 0.130 e. The zero-order chi connectivity index (χ0) is 13.7. The molecule has 3 nitrogen and oxygen atoms in total. The summed E-state index contributed by atoms with van der Waals surface area (Å²) in [5.74, 6) is 1.78. The fourth-order valence-corrected chi connectivity index (χ4v) is 1.94. The van der Waals surface area contributed by atoms with E-state index in [0.717, 1.165) is 54.2 Å². The predicted octanol–water partition coefficient (Wildman–Crippen LogP) is 4.12. The van der Waals surface area contributed by atoms with E-state index in [-0.39, 0.29) is 0 Å². The molecule has 1 aromatic carbocycles. The maximum Gasteiger partial charge on any atom is 0.130 e. The van der Waals surface area contributed by atoms with E-state index in [4.69, 9.17) is 9.47 Å². The Kier molecular flexibility index (Phi) is 4.61. The molecule has 0 saturated carbocycles. The van der Waals surface area contributed by atoms with Gasteiger partial charge in [-0.1, -0.05) is 13.8 Å². The first-order valence-electron chi connectivity index (χ1n) is 6.91. The van der Waals surface area contributed by atoms with Crippen LogP contribution in [-0.2, 0) is 0 Å². The zero-order valence-electron chi connectivity index (χ0n) is 11.9. The van der Waals surface area contributed by atoms with Gasteiger partial charge in [0.15, 0.2) is 0 Å². The van der Waals surface area contributed by atoms with E-state index in [1.54, 1.807) is 0 Å². The molecule has 0 radical (unpaired) electrons. The quantitative estimate of drug-likeness (QED) is 0.782. The van der Waals surface area contributed by atoms with Gasteiger partial charge >= 0.3 is 0 Å². The molecule has 0 amide bonds. The number of hydrogen-bond acceptors (Lipinski definition) is 3. The highest BCUT2D eigenvalue weighted by Gasteiger charge is 2.06. The highest BCUT2D eigenvalue weighted by Crippen LogP contribution is 2.28. The van der Waals surface area contributed by atoms with E-state index in [2.05, 4.69) is 18.8 Å². The van der Waals surface area contributed by atoms with Crippen LogP contribution in [0.4, 0.5) is 0 Å². The van der Waals surface area contributed by atoms with Crippen molar-refractivity contribution in [1.29, 1.82) is 0 Å². The maximum atomic E-state index is 5.79. The Morgan fingerprint density at radius 2 is 1.74 bits per heavy atom. The van der Waals surface area contributed by atoms with Crippen LogP contribution < -0.4 is 9.47 Å². The van der Waals surface area contributed by atoms with Crippen LogP contribution in [0, 0.1) is 6.92 Å². The maximum absolute atomic E-state index is 5.79. The van der Waals surface area contributed by atoms with Gasteiger partial charge in [0.05, 0.1) is 18.7 Å². The summed E-state index contributed by atoms with van der Waals surface area (Å²) in [6.07, 6.45) is 2.00. The van der Waals surface area contributed by atoms with Crippen molar-refractivity contribution in [2.45, 2.75) is 33.6 Å². The van der Waals surface area contributed by atoms with Gasteiger partial charge in [-0.05, 0) is 31.9 Å². The summed E-state index contributed by atoms with van der Waals surface area (Å²) in [5.41, 5.74) is 1.89. The SMILES string of the molecule is CCCOc1ccc2c(OCCC)cc(C)nc2c1. The minimum absolute atomic E-state index is 0.729. The topological polar surface area (TPSA) is 31.4 Å². The molecule has 1 heterocycles. The number of aryl methyl sites for hydroxylation is 1. The summed E-state index contributed by atoms with van der Waals surface area (Å²) in [5, 5.41) is 1.04. The molecule has 2 rings (SSSR count). The van der Waals surface area contributed by atoms with Gasteiger partial charge in [-0.3, -0.25) is 4.98 Å². The Labute approximate surface area is 114 Å². The third-order valence-electron chi connectivity index (χ3n) is 2.81. The van der Waals surface area contributed by atoms with Crippen molar-refractivity contribution in [3.8, 4) is 11.5 Å². The fourth-order valence-electron chi connectivity index (χ4n) is 1.94. The van der Waals surface area contributed by atoms with Crippen LogP contribution in [0.2, 0.25) is 0 Å². The molecule has 0 unspecified atom stereocenters. The lowest BCUT2D eigenvalue weighted by Gasteiger charge is -2.11. The Hall–Kier alpha value is -1.77. The summed E-state index contributed by atoms with van der Waals surface area (Å²) in [6, 6.07) is 7.98. The fraction of sp³-hybridized carbons (Fsp3) is 0.438. The lowest BCUT2D eigenvalue weighted by molar-refractivity contribution is 0.317. The monoisotopic (exact) mass is 259 g/mol. The largest absolute Gasteiger partial charge is 0.494 e.